The van der Waals surface area contributed by atoms with Crippen LogP contribution in [0.3, 0.4) is 0 Å². The van der Waals surface area contributed by atoms with E-state index in [1.807, 2.05) is 55.4 Å². The Morgan fingerprint density at radius 1 is 1.08 bits per heavy atom. The summed E-state index contributed by atoms with van der Waals surface area (Å²) in [6.07, 6.45) is 1.70. The molecule has 3 heterocycles. The summed E-state index contributed by atoms with van der Waals surface area (Å²) in [6.45, 7) is 3.95. The number of ether oxygens (including phenoxy) is 2. The number of halogens is 1. The van der Waals surface area contributed by atoms with Crippen molar-refractivity contribution in [1.29, 1.82) is 0 Å². The molecule has 5 rings (SSSR count). The van der Waals surface area contributed by atoms with Gasteiger partial charge in [0.1, 0.15) is 17.7 Å². The minimum absolute atomic E-state index is 0.129. The van der Waals surface area contributed by atoms with Crippen molar-refractivity contribution in [3.05, 3.63) is 65.4 Å². The molecule has 1 aliphatic heterocycles. The van der Waals surface area contributed by atoms with E-state index in [4.69, 9.17) is 9.47 Å². The number of nitrogens with zero attached hydrogens (tertiary/aromatic N) is 5. The monoisotopic (exact) mass is 490 g/mol. The summed E-state index contributed by atoms with van der Waals surface area (Å²) < 4.78 is 27.4. The van der Waals surface area contributed by atoms with Gasteiger partial charge in [-0.3, -0.25) is 0 Å². The lowest BCUT2D eigenvalue weighted by Gasteiger charge is -2.33. The highest BCUT2D eigenvalue weighted by molar-refractivity contribution is 5.82. The Morgan fingerprint density at radius 2 is 1.89 bits per heavy atom. The van der Waals surface area contributed by atoms with Gasteiger partial charge >= 0.3 is 6.01 Å². The van der Waals surface area contributed by atoms with Gasteiger partial charge in [-0.1, -0.05) is 12.1 Å². The van der Waals surface area contributed by atoms with Crippen LogP contribution in [0, 0.1) is 6.92 Å². The molecule has 4 aromatic rings. The molecule has 2 atom stereocenters. The third kappa shape index (κ3) is 4.83. The number of alkyl halides is 1. The molecule has 0 spiro atoms. The van der Waals surface area contributed by atoms with Crippen LogP contribution in [0.4, 0.5) is 10.2 Å². The maximum absolute atomic E-state index is 15.0. The first-order chi connectivity index (χ1) is 17.4. The number of hydrogen-bond donors (Lipinski definition) is 1. The highest BCUT2D eigenvalue weighted by atomic mass is 19.1. The molecular formula is C27H31FN6O2. The number of rotatable bonds is 7. The molecule has 0 aliphatic carbocycles. The molecule has 188 valence electrons. The van der Waals surface area contributed by atoms with Crippen LogP contribution in [-0.4, -0.2) is 65.2 Å². The van der Waals surface area contributed by atoms with Gasteiger partial charge in [0.25, 0.3) is 0 Å². The average Bonchev–Trinajstić information content (AvgIpc) is 3.30. The van der Waals surface area contributed by atoms with Crippen molar-refractivity contribution >= 4 is 16.7 Å². The second-order valence-corrected chi connectivity index (χ2v) is 9.30. The number of benzene rings is 2. The Morgan fingerprint density at radius 3 is 2.61 bits per heavy atom. The summed E-state index contributed by atoms with van der Waals surface area (Å²) in [5, 5.41) is 8.92. The van der Waals surface area contributed by atoms with Crippen molar-refractivity contribution in [3.63, 3.8) is 0 Å². The lowest BCUT2D eigenvalue weighted by molar-refractivity contribution is 0.139. The summed E-state index contributed by atoms with van der Waals surface area (Å²) in [4.78, 5) is 11.0. The smallest absolute Gasteiger partial charge is 0.320 e. The second-order valence-electron chi connectivity index (χ2n) is 9.30. The van der Waals surface area contributed by atoms with Gasteiger partial charge in [-0.05, 0) is 67.9 Å². The number of methoxy groups -OCH3 is 2. The van der Waals surface area contributed by atoms with E-state index in [0.29, 0.717) is 24.7 Å². The van der Waals surface area contributed by atoms with E-state index in [-0.39, 0.29) is 11.9 Å². The maximum atomic E-state index is 15.0. The number of hydrogen-bond acceptors (Lipinski definition) is 7. The fourth-order valence-corrected chi connectivity index (χ4v) is 4.83. The van der Waals surface area contributed by atoms with Gasteiger partial charge in [-0.15, -0.1) is 0 Å². The van der Waals surface area contributed by atoms with E-state index in [9.17, 15) is 0 Å². The number of aromatic nitrogens is 4. The number of likely N-dealkylation sites (tertiary alicyclic amines) is 1. The van der Waals surface area contributed by atoms with Crippen LogP contribution >= 0.6 is 0 Å². The zero-order chi connectivity index (χ0) is 25.2. The van der Waals surface area contributed by atoms with Crippen LogP contribution in [-0.2, 0) is 6.54 Å². The summed E-state index contributed by atoms with van der Waals surface area (Å²) in [6, 6.07) is 14.1. The van der Waals surface area contributed by atoms with E-state index in [2.05, 4.69) is 32.5 Å². The molecule has 0 unspecified atom stereocenters. The zero-order valence-electron chi connectivity index (χ0n) is 21.0. The van der Waals surface area contributed by atoms with E-state index >= 15 is 4.39 Å². The Labute approximate surface area is 210 Å². The number of fused-ring (bicyclic) bond motifs is 1. The second kappa shape index (κ2) is 10.1. The Balaban J connectivity index is 1.47. The average molecular weight is 491 g/mol. The van der Waals surface area contributed by atoms with E-state index in [1.54, 1.807) is 11.8 Å². The van der Waals surface area contributed by atoms with Crippen molar-refractivity contribution in [1.82, 2.24) is 24.6 Å². The summed E-state index contributed by atoms with van der Waals surface area (Å²) >= 11 is 0. The van der Waals surface area contributed by atoms with Gasteiger partial charge in [-0.2, -0.15) is 15.1 Å². The normalized spacial score (nSPS) is 18.4. The fraction of sp³-hybridized carbons (Fsp3) is 0.370. The third-order valence-electron chi connectivity index (χ3n) is 6.82. The van der Waals surface area contributed by atoms with Crippen LogP contribution in [0.5, 0.6) is 11.8 Å². The lowest BCUT2D eigenvalue weighted by atomic mass is 9.85. The van der Waals surface area contributed by atoms with Crippen molar-refractivity contribution in [2.75, 3.05) is 39.7 Å². The Kier molecular flexibility index (Phi) is 6.73. The maximum Gasteiger partial charge on any atom is 0.320 e. The predicted molar refractivity (Wildman–Crippen MR) is 138 cm³/mol. The minimum Gasteiger partial charge on any atom is -0.497 e. The van der Waals surface area contributed by atoms with Crippen LogP contribution in [0.2, 0.25) is 0 Å². The molecule has 1 N–H and O–H groups in total. The van der Waals surface area contributed by atoms with Gasteiger partial charge in [-0.25, -0.2) is 9.07 Å². The van der Waals surface area contributed by atoms with Crippen LogP contribution in [0.15, 0.2) is 48.7 Å². The SMILES string of the molecule is COc1ccc(CNc2cc(-n3ncc4cc(C)c([C@H]5CCN(C)C[C@H]5F)cc43)nc(OC)n2)cc1. The number of nitrogens with one attached hydrogen (secondary N) is 1. The molecule has 1 saturated heterocycles. The quantitative estimate of drug-likeness (QED) is 0.408. The van der Waals surface area contributed by atoms with Crippen molar-refractivity contribution in [2.45, 2.75) is 32.0 Å². The van der Waals surface area contributed by atoms with Gasteiger partial charge in [0, 0.05) is 30.5 Å². The van der Waals surface area contributed by atoms with E-state index in [1.165, 1.54) is 7.11 Å². The fourth-order valence-electron chi connectivity index (χ4n) is 4.83. The first-order valence-electron chi connectivity index (χ1n) is 12.1. The summed E-state index contributed by atoms with van der Waals surface area (Å²) in [5.74, 6) is 1.87. The standard InChI is InChI=1S/C27H31FN6O2/c1-17-11-19-15-30-34(24(19)12-22(17)21-9-10-33(2)16-23(21)28)26-13-25(31-27(32-26)36-4)29-14-18-5-7-20(35-3)8-6-18/h5-8,11-13,15,21,23H,9-10,14,16H2,1-4H3,(H,29,31,32)/t21-,23-/m1/s1. The molecule has 1 aliphatic rings. The topological polar surface area (TPSA) is 77.3 Å². The lowest BCUT2D eigenvalue weighted by Crippen LogP contribution is -2.38. The van der Waals surface area contributed by atoms with Gasteiger partial charge in [0.05, 0.1) is 25.9 Å². The molecule has 9 heteroatoms. The largest absolute Gasteiger partial charge is 0.497 e. The molecule has 8 nitrogen and oxygen atoms in total. The Hall–Kier alpha value is -3.72. The highest BCUT2D eigenvalue weighted by Crippen LogP contribution is 2.35. The molecule has 1 fully saturated rings. The molecule has 2 aromatic carbocycles. The molecule has 0 saturated carbocycles. The molecule has 0 radical (unpaired) electrons. The predicted octanol–water partition coefficient (Wildman–Crippen LogP) is 4.51. The van der Waals surface area contributed by atoms with Gasteiger partial charge < -0.3 is 19.7 Å². The van der Waals surface area contributed by atoms with Crippen molar-refractivity contribution in [2.24, 2.45) is 0 Å². The van der Waals surface area contributed by atoms with Crippen molar-refractivity contribution < 1.29 is 13.9 Å². The molecule has 2 aromatic heterocycles. The number of piperidine rings is 1. The molecule has 0 bridgehead atoms. The van der Waals surface area contributed by atoms with Gasteiger partial charge in [0.15, 0.2) is 5.82 Å². The number of anilines is 1. The van der Waals surface area contributed by atoms with Crippen LogP contribution in [0.25, 0.3) is 16.7 Å². The first kappa shape index (κ1) is 24.0. The summed E-state index contributed by atoms with van der Waals surface area (Å²) in [5.41, 5.74) is 4.08. The summed E-state index contributed by atoms with van der Waals surface area (Å²) in [7, 11) is 5.15. The Bertz CT molecular complexity index is 1360. The van der Waals surface area contributed by atoms with Crippen LogP contribution < -0.4 is 14.8 Å². The zero-order valence-corrected chi connectivity index (χ0v) is 21.0. The first-order valence-corrected chi connectivity index (χ1v) is 12.1. The highest BCUT2D eigenvalue weighted by Gasteiger charge is 2.30. The number of aryl methyl sites for hydroxylation is 1. The minimum atomic E-state index is -0.899. The van der Waals surface area contributed by atoms with Crippen LogP contribution in [0.1, 0.15) is 29.0 Å². The molecular weight excluding hydrogens is 459 g/mol. The molecule has 0 amide bonds. The van der Waals surface area contributed by atoms with Crippen molar-refractivity contribution in [3.8, 4) is 17.6 Å². The van der Waals surface area contributed by atoms with E-state index < -0.39 is 6.17 Å². The third-order valence-corrected chi connectivity index (χ3v) is 6.82. The van der Waals surface area contributed by atoms with E-state index in [0.717, 1.165) is 46.3 Å². The molecule has 36 heavy (non-hydrogen) atoms. The van der Waals surface area contributed by atoms with Gasteiger partial charge in [0.2, 0.25) is 0 Å².